The van der Waals surface area contributed by atoms with Gasteiger partial charge in [-0.1, -0.05) is 44.2 Å². The van der Waals surface area contributed by atoms with Crippen LogP contribution in [0.4, 0.5) is 10.1 Å². The van der Waals surface area contributed by atoms with E-state index in [1.807, 2.05) is 44.2 Å². The fourth-order valence-electron chi connectivity index (χ4n) is 5.54. The van der Waals surface area contributed by atoms with Gasteiger partial charge in [0.05, 0.1) is 31.0 Å². The molecule has 43 heavy (non-hydrogen) atoms. The van der Waals surface area contributed by atoms with Crippen LogP contribution >= 0.6 is 0 Å². The smallest absolute Gasteiger partial charge is 0.251 e. The van der Waals surface area contributed by atoms with Crippen LogP contribution in [-0.4, -0.2) is 43.2 Å². The van der Waals surface area contributed by atoms with Crippen LogP contribution in [0.5, 0.6) is 11.5 Å². The van der Waals surface area contributed by atoms with Crippen molar-refractivity contribution < 1.29 is 33.0 Å². The lowest BCUT2D eigenvalue weighted by Gasteiger charge is -2.33. The van der Waals surface area contributed by atoms with Crippen molar-refractivity contribution in [2.24, 2.45) is 11.8 Å². The van der Waals surface area contributed by atoms with E-state index < -0.39 is 29.8 Å². The Balaban J connectivity index is 1.37. The van der Waals surface area contributed by atoms with Crippen molar-refractivity contribution in [3.8, 4) is 11.5 Å². The number of nitrogens with one attached hydrogen (secondary N) is 2. The van der Waals surface area contributed by atoms with Crippen molar-refractivity contribution in [1.29, 1.82) is 0 Å². The molecular formula is C33H34FN3O6. The van der Waals surface area contributed by atoms with Crippen molar-refractivity contribution in [2.75, 3.05) is 18.3 Å². The SMILES string of the molecule is CC(C)[C@H](NC(=O)C1CC1)C(=O)N1c2cc3c(cc2[C@H](NC(=O)c2ccc(F)cc2)[C@H]1COCc1ccccc1)OCO3. The number of amides is 3. The molecule has 0 aromatic heterocycles. The average Bonchev–Trinajstić information content (AvgIpc) is 3.69. The molecule has 1 saturated carbocycles. The third kappa shape index (κ3) is 6.06. The van der Waals surface area contributed by atoms with E-state index in [2.05, 4.69) is 10.6 Å². The first-order valence-corrected chi connectivity index (χ1v) is 14.5. The molecule has 10 heteroatoms. The third-order valence-corrected chi connectivity index (χ3v) is 8.04. The zero-order valence-corrected chi connectivity index (χ0v) is 24.0. The van der Waals surface area contributed by atoms with Crippen molar-refractivity contribution in [2.45, 2.75) is 51.4 Å². The van der Waals surface area contributed by atoms with E-state index in [0.717, 1.165) is 18.4 Å². The second-order valence-corrected chi connectivity index (χ2v) is 11.5. The number of nitrogens with zero attached hydrogens (tertiary/aromatic N) is 1. The number of anilines is 1. The Kier molecular flexibility index (Phi) is 8.03. The molecule has 9 nitrogen and oxygen atoms in total. The van der Waals surface area contributed by atoms with Crippen LogP contribution in [0.15, 0.2) is 66.7 Å². The number of hydrogen-bond donors (Lipinski definition) is 2. The van der Waals surface area contributed by atoms with Gasteiger partial charge in [-0.3, -0.25) is 14.4 Å². The molecule has 0 saturated heterocycles. The highest BCUT2D eigenvalue weighted by Crippen LogP contribution is 2.47. The number of halogens is 1. The fraction of sp³-hybridized carbons (Fsp3) is 0.364. The van der Waals surface area contributed by atoms with Crippen LogP contribution in [0, 0.1) is 17.7 Å². The van der Waals surface area contributed by atoms with Crippen LogP contribution in [0.3, 0.4) is 0 Å². The molecule has 0 spiro atoms. The van der Waals surface area contributed by atoms with Crippen molar-refractivity contribution >= 4 is 23.4 Å². The summed E-state index contributed by atoms with van der Waals surface area (Å²) < 4.78 is 31.1. The van der Waals surface area contributed by atoms with Gasteiger partial charge in [0.1, 0.15) is 11.9 Å². The first kappa shape index (κ1) is 28.7. The topological polar surface area (TPSA) is 106 Å². The number of carbonyl (C=O) groups is 3. The van der Waals surface area contributed by atoms with Gasteiger partial charge < -0.3 is 29.7 Å². The van der Waals surface area contributed by atoms with E-state index >= 15 is 0 Å². The lowest BCUT2D eigenvalue weighted by molar-refractivity contribution is -0.129. The maximum atomic E-state index is 14.4. The van der Waals surface area contributed by atoms with E-state index in [1.54, 1.807) is 17.0 Å². The number of carbonyl (C=O) groups excluding carboxylic acids is 3. The van der Waals surface area contributed by atoms with Crippen LogP contribution in [-0.2, 0) is 20.9 Å². The quantitative estimate of drug-likeness (QED) is 0.362. The van der Waals surface area contributed by atoms with Crippen molar-refractivity contribution in [3.63, 3.8) is 0 Å². The Labute approximate surface area is 249 Å². The first-order valence-electron chi connectivity index (χ1n) is 14.5. The molecule has 2 heterocycles. The number of ether oxygens (including phenoxy) is 3. The van der Waals surface area contributed by atoms with E-state index in [-0.39, 0.29) is 42.6 Å². The van der Waals surface area contributed by atoms with Crippen molar-refractivity contribution in [3.05, 3.63) is 89.2 Å². The molecule has 3 aliphatic rings. The number of benzene rings is 3. The summed E-state index contributed by atoms with van der Waals surface area (Å²) in [5.74, 6) is -0.612. The van der Waals surface area contributed by atoms with Gasteiger partial charge in [0.2, 0.25) is 18.6 Å². The van der Waals surface area contributed by atoms with E-state index in [1.165, 1.54) is 24.3 Å². The first-order chi connectivity index (χ1) is 20.8. The molecule has 6 rings (SSSR count). The maximum Gasteiger partial charge on any atom is 0.251 e. The lowest BCUT2D eigenvalue weighted by atomic mass is 10.0. The summed E-state index contributed by atoms with van der Waals surface area (Å²) in [4.78, 5) is 42.3. The van der Waals surface area contributed by atoms with Crippen LogP contribution in [0.1, 0.15) is 54.2 Å². The molecule has 3 amide bonds. The van der Waals surface area contributed by atoms with Gasteiger partial charge in [0, 0.05) is 23.1 Å². The minimum absolute atomic E-state index is 0.0362. The molecular weight excluding hydrogens is 553 g/mol. The molecule has 2 aliphatic heterocycles. The standard InChI is InChI=1S/C33H34FN3O6/c1-19(2)29(35-31(38)21-8-9-21)33(40)37-25-15-28-27(42-18-43-28)14-24(25)30(36-32(39)22-10-12-23(34)13-11-22)26(37)17-41-16-20-6-4-3-5-7-20/h3-7,10-15,19,21,26,29-30H,8-9,16-18H2,1-2H3,(H,35,38)(H,36,39)/t26-,29+,30+/m1/s1. The predicted molar refractivity (Wildman–Crippen MR) is 156 cm³/mol. The monoisotopic (exact) mass is 587 g/mol. The molecule has 0 radical (unpaired) electrons. The second kappa shape index (κ2) is 12.0. The molecule has 224 valence electrons. The van der Waals surface area contributed by atoms with Gasteiger partial charge >= 0.3 is 0 Å². The highest BCUT2D eigenvalue weighted by molar-refractivity contribution is 6.03. The van der Waals surface area contributed by atoms with E-state index in [0.29, 0.717) is 29.4 Å². The van der Waals surface area contributed by atoms with E-state index in [9.17, 15) is 18.8 Å². The molecule has 2 N–H and O–H groups in total. The third-order valence-electron chi connectivity index (χ3n) is 8.04. The van der Waals surface area contributed by atoms with Crippen LogP contribution in [0.2, 0.25) is 0 Å². The van der Waals surface area contributed by atoms with Crippen molar-refractivity contribution in [1.82, 2.24) is 10.6 Å². The zero-order valence-electron chi connectivity index (χ0n) is 24.0. The highest BCUT2D eigenvalue weighted by Gasteiger charge is 2.47. The van der Waals surface area contributed by atoms with Gasteiger partial charge in [0.15, 0.2) is 11.5 Å². The minimum atomic E-state index is -0.797. The normalized spacial score (nSPS) is 19.2. The van der Waals surface area contributed by atoms with Gasteiger partial charge in [-0.05, 0) is 54.7 Å². The molecule has 3 atom stereocenters. The Hall–Kier alpha value is -4.44. The molecule has 1 aliphatic carbocycles. The average molecular weight is 588 g/mol. The summed E-state index contributed by atoms with van der Waals surface area (Å²) >= 11 is 0. The number of fused-ring (bicyclic) bond motifs is 2. The van der Waals surface area contributed by atoms with Gasteiger partial charge in [-0.25, -0.2) is 4.39 Å². The molecule has 0 bridgehead atoms. The zero-order chi connectivity index (χ0) is 30.1. The Morgan fingerprint density at radius 3 is 2.37 bits per heavy atom. The summed E-state index contributed by atoms with van der Waals surface area (Å²) in [7, 11) is 0. The molecule has 0 unspecified atom stereocenters. The summed E-state index contributed by atoms with van der Waals surface area (Å²) in [5.41, 5.74) is 2.42. The largest absolute Gasteiger partial charge is 0.454 e. The van der Waals surface area contributed by atoms with Gasteiger partial charge in [-0.2, -0.15) is 0 Å². The number of rotatable bonds is 10. The summed E-state index contributed by atoms with van der Waals surface area (Å²) in [6, 6.07) is 16.3. The summed E-state index contributed by atoms with van der Waals surface area (Å²) in [5, 5.41) is 6.04. The Morgan fingerprint density at radius 1 is 1.00 bits per heavy atom. The molecule has 3 aromatic rings. The maximum absolute atomic E-state index is 14.4. The van der Waals surface area contributed by atoms with Gasteiger partial charge in [0.25, 0.3) is 5.91 Å². The van der Waals surface area contributed by atoms with E-state index in [4.69, 9.17) is 14.2 Å². The fourth-order valence-corrected chi connectivity index (χ4v) is 5.54. The molecule has 1 fully saturated rings. The number of hydrogen-bond acceptors (Lipinski definition) is 6. The van der Waals surface area contributed by atoms with Gasteiger partial charge in [-0.15, -0.1) is 0 Å². The lowest BCUT2D eigenvalue weighted by Crippen LogP contribution is -2.56. The molecule has 3 aromatic carbocycles. The van der Waals surface area contributed by atoms with Crippen LogP contribution < -0.4 is 25.0 Å². The Morgan fingerprint density at radius 2 is 1.70 bits per heavy atom. The van der Waals surface area contributed by atoms with Crippen LogP contribution in [0.25, 0.3) is 0 Å². The Bertz CT molecular complexity index is 1510. The minimum Gasteiger partial charge on any atom is -0.454 e. The summed E-state index contributed by atoms with van der Waals surface area (Å²) in [6.45, 7) is 4.19. The summed E-state index contributed by atoms with van der Waals surface area (Å²) in [6.07, 6.45) is 1.63. The highest BCUT2D eigenvalue weighted by atomic mass is 19.1. The second-order valence-electron chi connectivity index (χ2n) is 11.5. The predicted octanol–water partition coefficient (Wildman–Crippen LogP) is 4.51.